The highest BCUT2D eigenvalue weighted by atomic mass is 16.6. The quantitative estimate of drug-likeness (QED) is 0.537. The summed E-state index contributed by atoms with van der Waals surface area (Å²) in [4.78, 5) is 26.5. The Kier molecular flexibility index (Phi) is 5.25. The number of hydrogen-bond acceptors (Lipinski definition) is 7. The average Bonchev–Trinajstić information content (AvgIpc) is 2.68. The van der Waals surface area contributed by atoms with Crippen molar-refractivity contribution in [2.24, 2.45) is 16.7 Å². The van der Waals surface area contributed by atoms with Gasteiger partial charge < -0.3 is 24.1 Å². The van der Waals surface area contributed by atoms with Crippen LogP contribution < -0.4 is 0 Å². The molecule has 7 atom stereocenters. The molecule has 7 heteroatoms. The van der Waals surface area contributed by atoms with Crippen LogP contribution in [0.4, 0.5) is 0 Å². The van der Waals surface area contributed by atoms with Gasteiger partial charge >= 0.3 is 5.97 Å². The Morgan fingerprint density at radius 1 is 1.19 bits per heavy atom. The maximum Gasteiger partial charge on any atom is 0.303 e. The topological polar surface area (TPSA) is 91.3 Å². The van der Waals surface area contributed by atoms with Crippen molar-refractivity contribution in [3.63, 3.8) is 0 Å². The van der Waals surface area contributed by atoms with Crippen molar-refractivity contribution < 1.29 is 33.6 Å². The highest BCUT2D eigenvalue weighted by molar-refractivity contribution is 5.93. The zero-order valence-electron chi connectivity index (χ0n) is 19.7. The summed E-state index contributed by atoms with van der Waals surface area (Å²) in [5.74, 6) is -0.943. The third-order valence-electron chi connectivity index (χ3n) is 9.10. The SMILES string of the molecule is CO[C@H]1C(=O)[C@]2(C)[C@@H](OC)C[C@H]3OC[C@@]3(OC(C)=O)[C@H]2C[C@]2(O)CCC(C)=C1C2(C)C. The van der Waals surface area contributed by atoms with Crippen molar-refractivity contribution in [2.75, 3.05) is 20.8 Å². The highest BCUT2D eigenvalue weighted by Crippen LogP contribution is 2.63. The summed E-state index contributed by atoms with van der Waals surface area (Å²) in [5, 5.41) is 12.1. The summed E-state index contributed by atoms with van der Waals surface area (Å²) >= 11 is 0. The molecular weight excluding hydrogens is 400 g/mol. The zero-order chi connectivity index (χ0) is 23.0. The van der Waals surface area contributed by atoms with E-state index in [1.807, 2.05) is 27.7 Å². The van der Waals surface area contributed by atoms with Crippen LogP contribution in [0.25, 0.3) is 0 Å². The van der Waals surface area contributed by atoms with Gasteiger partial charge in [0.1, 0.15) is 12.2 Å². The van der Waals surface area contributed by atoms with Crippen molar-refractivity contribution in [1.29, 1.82) is 0 Å². The molecule has 0 spiro atoms. The number of methoxy groups -OCH3 is 2. The van der Waals surface area contributed by atoms with E-state index in [0.29, 0.717) is 25.7 Å². The van der Waals surface area contributed by atoms with Gasteiger partial charge in [-0.15, -0.1) is 0 Å². The number of allylic oxidation sites excluding steroid dienone is 1. The molecule has 3 aliphatic carbocycles. The third-order valence-corrected chi connectivity index (χ3v) is 9.10. The molecule has 1 saturated heterocycles. The summed E-state index contributed by atoms with van der Waals surface area (Å²) < 4.78 is 23.5. The first-order chi connectivity index (χ1) is 14.4. The standard InChI is InChI=1S/C24H36O7/c1-13-8-9-23(27)11-15-22(5,20(26)19(29-7)18(13)21(23,3)4)16(28-6)10-17-24(15,12-30-17)31-14(2)25/h15-17,19,27H,8-12H2,1-7H3/t15-,16-,17+,19+,22-,23+,24+/m0/s1. The van der Waals surface area contributed by atoms with Gasteiger partial charge in [-0.1, -0.05) is 19.4 Å². The number of rotatable bonds is 3. The lowest BCUT2D eigenvalue weighted by atomic mass is 9.46. The lowest BCUT2D eigenvalue weighted by molar-refractivity contribution is -0.328. The Hall–Kier alpha value is -1.28. The number of ketones is 1. The van der Waals surface area contributed by atoms with Crippen LogP contribution in [0.5, 0.6) is 0 Å². The predicted molar refractivity (Wildman–Crippen MR) is 112 cm³/mol. The number of ether oxygens (including phenoxy) is 4. The van der Waals surface area contributed by atoms with Crippen LogP contribution in [0.2, 0.25) is 0 Å². The summed E-state index contributed by atoms with van der Waals surface area (Å²) in [5.41, 5.74) is -1.77. The summed E-state index contributed by atoms with van der Waals surface area (Å²) in [6.07, 6.45) is 0.439. The van der Waals surface area contributed by atoms with Gasteiger partial charge in [-0.25, -0.2) is 0 Å². The molecule has 0 unspecified atom stereocenters. The minimum Gasteiger partial charge on any atom is -0.454 e. The van der Waals surface area contributed by atoms with Crippen LogP contribution in [0, 0.1) is 16.7 Å². The first-order valence-corrected chi connectivity index (χ1v) is 11.2. The Morgan fingerprint density at radius 2 is 1.87 bits per heavy atom. The molecule has 4 rings (SSSR count). The molecule has 7 nitrogen and oxygen atoms in total. The Labute approximate surface area is 184 Å². The van der Waals surface area contributed by atoms with Gasteiger partial charge in [0.25, 0.3) is 0 Å². The number of fused-ring (bicyclic) bond motifs is 5. The molecule has 174 valence electrons. The lowest BCUT2D eigenvalue weighted by Crippen LogP contribution is -2.77. The number of carbonyl (C=O) groups is 2. The van der Waals surface area contributed by atoms with E-state index in [9.17, 15) is 14.7 Å². The second-order valence-electron chi connectivity index (χ2n) is 10.7. The van der Waals surface area contributed by atoms with Crippen LogP contribution in [0.15, 0.2) is 11.1 Å². The van der Waals surface area contributed by atoms with Gasteiger partial charge in [0.05, 0.1) is 23.7 Å². The molecule has 1 N–H and O–H groups in total. The predicted octanol–water partition coefficient (Wildman–Crippen LogP) is 2.58. The van der Waals surface area contributed by atoms with E-state index >= 15 is 0 Å². The molecule has 2 bridgehead atoms. The number of aliphatic hydroxyl groups is 1. The van der Waals surface area contributed by atoms with Crippen LogP contribution in [0.1, 0.15) is 60.3 Å². The van der Waals surface area contributed by atoms with E-state index in [2.05, 4.69) is 0 Å². The van der Waals surface area contributed by atoms with Crippen LogP contribution in [-0.2, 0) is 28.5 Å². The number of esters is 1. The number of Topliss-reactive ketones (excluding diaryl/α,β-unsaturated/α-hetero) is 1. The Balaban J connectivity index is 1.97. The van der Waals surface area contributed by atoms with Crippen LogP contribution in [-0.4, -0.2) is 67.2 Å². The molecule has 0 aromatic rings. The van der Waals surface area contributed by atoms with Crippen molar-refractivity contribution in [1.82, 2.24) is 0 Å². The van der Waals surface area contributed by atoms with Gasteiger partial charge in [-0.2, -0.15) is 0 Å². The summed E-state index contributed by atoms with van der Waals surface area (Å²) in [6, 6.07) is 0. The van der Waals surface area contributed by atoms with Gasteiger partial charge in [-0.05, 0) is 38.7 Å². The van der Waals surface area contributed by atoms with Crippen molar-refractivity contribution in [2.45, 2.75) is 89.8 Å². The van der Waals surface area contributed by atoms with E-state index in [1.165, 1.54) is 6.92 Å². The van der Waals surface area contributed by atoms with E-state index < -0.39 is 46.1 Å². The fourth-order valence-electron chi connectivity index (χ4n) is 7.13. The molecule has 1 heterocycles. The first kappa shape index (κ1) is 22.9. The smallest absolute Gasteiger partial charge is 0.303 e. The summed E-state index contributed by atoms with van der Waals surface area (Å²) in [7, 11) is 3.15. The lowest BCUT2D eigenvalue weighted by Gasteiger charge is -2.66. The molecule has 31 heavy (non-hydrogen) atoms. The largest absolute Gasteiger partial charge is 0.454 e. The van der Waals surface area contributed by atoms with Crippen LogP contribution in [0.3, 0.4) is 0 Å². The van der Waals surface area contributed by atoms with Gasteiger partial charge in [0, 0.05) is 38.9 Å². The van der Waals surface area contributed by atoms with E-state index in [-0.39, 0.29) is 18.5 Å². The van der Waals surface area contributed by atoms with E-state index in [1.54, 1.807) is 14.2 Å². The minimum atomic E-state index is -1.09. The first-order valence-electron chi connectivity index (χ1n) is 11.2. The molecule has 0 aromatic carbocycles. The fourth-order valence-corrected chi connectivity index (χ4v) is 7.13. The second-order valence-corrected chi connectivity index (χ2v) is 10.7. The molecule has 4 aliphatic rings. The van der Waals surface area contributed by atoms with Gasteiger partial charge in [0.15, 0.2) is 11.4 Å². The molecule has 0 amide bonds. The monoisotopic (exact) mass is 436 g/mol. The Morgan fingerprint density at radius 3 is 2.39 bits per heavy atom. The fraction of sp³-hybridized carbons (Fsp3) is 0.833. The van der Waals surface area contributed by atoms with Crippen LogP contribution >= 0.6 is 0 Å². The normalized spacial score (nSPS) is 46.3. The molecule has 0 radical (unpaired) electrons. The third kappa shape index (κ3) is 2.79. The molecule has 2 saturated carbocycles. The molecular formula is C24H36O7. The molecule has 1 aliphatic heterocycles. The summed E-state index contributed by atoms with van der Waals surface area (Å²) in [6.45, 7) is 9.52. The van der Waals surface area contributed by atoms with Crippen molar-refractivity contribution in [3.05, 3.63) is 11.1 Å². The number of carbonyl (C=O) groups excluding carboxylic acids is 2. The zero-order valence-corrected chi connectivity index (χ0v) is 19.7. The van der Waals surface area contributed by atoms with Crippen molar-refractivity contribution >= 4 is 11.8 Å². The maximum atomic E-state index is 14.3. The molecule has 3 fully saturated rings. The average molecular weight is 437 g/mol. The van der Waals surface area contributed by atoms with E-state index in [4.69, 9.17) is 18.9 Å². The minimum absolute atomic E-state index is 0.0740. The Bertz CT molecular complexity index is 832. The number of hydrogen-bond donors (Lipinski definition) is 1. The second kappa shape index (κ2) is 7.11. The highest BCUT2D eigenvalue weighted by Gasteiger charge is 2.73. The molecule has 0 aromatic heterocycles. The van der Waals surface area contributed by atoms with Crippen molar-refractivity contribution in [3.8, 4) is 0 Å². The van der Waals surface area contributed by atoms with E-state index in [0.717, 1.165) is 11.1 Å². The van der Waals surface area contributed by atoms with Gasteiger partial charge in [-0.3, -0.25) is 9.59 Å². The maximum absolute atomic E-state index is 14.3. The van der Waals surface area contributed by atoms with Gasteiger partial charge in [0.2, 0.25) is 0 Å².